The summed E-state index contributed by atoms with van der Waals surface area (Å²) < 4.78 is 34.2. The average Bonchev–Trinajstić information content (AvgIpc) is 2.74. The number of anilines is 1. The third-order valence-electron chi connectivity index (χ3n) is 4.36. The van der Waals surface area contributed by atoms with Crippen molar-refractivity contribution in [1.29, 1.82) is 0 Å². The van der Waals surface area contributed by atoms with Crippen LogP contribution in [0.15, 0.2) is 88.2 Å². The van der Waals surface area contributed by atoms with E-state index < -0.39 is 22.0 Å². The molecule has 156 valence electrons. The number of benzene rings is 3. The van der Waals surface area contributed by atoms with E-state index in [1.807, 2.05) is 36.4 Å². The lowest BCUT2D eigenvalue weighted by Gasteiger charge is -2.19. The lowest BCUT2D eigenvalue weighted by Crippen LogP contribution is -2.45. The van der Waals surface area contributed by atoms with Gasteiger partial charge in [-0.05, 0) is 54.4 Å². The van der Waals surface area contributed by atoms with E-state index in [1.54, 1.807) is 30.3 Å². The molecule has 0 aliphatic heterocycles. The molecule has 1 atom stereocenters. The summed E-state index contributed by atoms with van der Waals surface area (Å²) in [5, 5.41) is 2.78. The first-order chi connectivity index (χ1) is 14.4. The summed E-state index contributed by atoms with van der Waals surface area (Å²) in [4.78, 5) is 13.0. The fraction of sp³-hybridized carbons (Fsp3) is 0.136. The molecule has 0 saturated carbocycles. The first-order valence-electron chi connectivity index (χ1n) is 9.14. The zero-order chi connectivity index (χ0) is 21.6. The smallest absolute Gasteiger partial charge is 0.242 e. The van der Waals surface area contributed by atoms with E-state index in [0.29, 0.717) is 11.4 Å². The SMILES string of the molecule is COc1ccc(S(=O)(=O)NC(Cc2ccccc2)C(=O)Nc2cccc(Br)c2)cc1. The van der Waals surface area contributed by atoms with Crippen LogP contribution in [0.2, 0.25) is 0 Å². The number of halogens is 1. The Kier molecular flexibility index (Phi) is 7.25. The quantitative estimate of drug-likeness (QED) is 0.502. The molecule has 30 heavy (non-hydrogen) atoms. The monoisotopic (exact) mass is 488 g/mol. The normalized spacial score (nSPS) is 12.2. The third-order valence-corrected chi connectivity index (χ3v) is 6.34. The zero-order valence-corrected chi connectivity index (χ0v) is 18.6. The Morgan fingerprint density at radius 2 is 1.70 bits per heavy atom. The van der Waals surface area contributed by atoms with Gasteiger partial charge in [-0.25, -0.2) is 8.42 Å². The molecule has 0 aliphatic carbocycles. The van der Waals surface area contributed by atoms with Crippen LogP contribution < -0.4 is 14.8 Å². The molecule has 0 radical (unpaired) electrons. The van der Waals surface area contributed by atoms with E-state index in [-0.39, 0.29) is 11.3 Å². The topological polar surface area (TPSA) is 84.5 Å². The van der Waals surface area contributed by atoms with E-state index >= 15 is 0 Å². The number of carbonyl (C=O) groups is 1. The Bertz CT molecular complexity index is 1100. The van der Waals surface area contributed by atoms with Crippen LogP contribution in [-0.4, -0.2) is 27.5 Å². The van der Waals surface area contributed by atoms with E-state index in [2.05, 4.69) is 26.0 Å². The minimum atomic E-state index is -3.93. The summed E-state index contributed by atoms with van der Waals surface area (Å²) in [6.45, 7) is 0. The molecule has 0 fully saturated rings. The highest BCUT2D eigenvalue weighted by Crippen LogP contribution is 2.18. The molecule has 0 bridgehead atoms. The van der Waals surface area contributed by atoms with Crippen LogP contribution in [0.5, 0.6) is 5.75 Å². The molecular weight excluding hydrogens is 468 g/mol. The lowest BCUT2D eigenvalue weighted by molar-refractivity contribution is -0.117. The van der Waals surface area contributed by atoms with Crippen molar-refractivity contribution in [1.82, 2.24) is 4.72 Å². The number of methoxy groups -OCH3 is 1. The summed E-state index contributed by atoms with van der Waals surface area (Å²) in [5.74, 6) is 0.0937. The van der Waals surface area contributed by atoms with Crippen LogP contribution in [0, 0.1) is 0 Å². The molecule has 8 heteroatoms. The third kappa shape index (κ3) is 5.91. The summed E-state index contributed by atoms with van der Waals surface area (Å²) in [6, 6.07) is 21.3. The molecular formula is C22H21BrN2O4S. The van der Waals surface area contributed by atoms with Gasteiger partial charge in [0.25, 0.3) is 0 Å². The Hall–Kier alpha value is -2.68. The van der Waals surface area contributed by atoms with Crippen LogP contribution in [0.25, 0.3) is 0 Å². The molecule has 1 unspecified atom stereocenters. The molecule has 6 nitrogen and oxygen atoms in total. The van der Waals surface area contributed by atoms with Gasteiger partial charge in [-0.1, -0.05) is 52.3 Å². The van der Waals surface area contributed by atoms with Crippen molar-refractivity contribution >= 4 is 37.5 Å². The molecule has 0 aliphatic rings. The second kappa shape index (κ2) is 9.88. The Labute approximate surface area is 184 Å². The molecule has 2 N–H and O–H groups in total. The van der Waals surface area contributed by atoms with Crippen molar-refractivity contribution in [3.05, 3.63) is 88.9 Å². The summed E-state index contributed by atoms with van der Waals surface area (Å²) in [6.07, 6.45) is 0.204. The van der Waals surface area contributed by atoms with Gasteiger partial charge in [0, 0.05) is 10.2 Å². The minimum absolute atomic E-state index is 0.0524. The molecule has 0 heterocycles. The molecule has 3 rings (SSSR count). The summed E-state index contributed by atoms with van der Waals surface area (Å²) >= 11 is 3.36. The molecule has 0 spiro atoms. The second-order valence-electron chi connectivity index (χ2n) is 6.54. The number of rotatable bonds is 8. The number of nitrogens with one attached hydrogen (secondary N) is 2. The predicted molar refractivity (Wildman–Crippen MR) is 120 cm³/mol. The number of hydrogen-bond acceptors (Lipinski definition) is 4. The highest BCUT2D eigenvalue weighted by atomic mass is 79.9. The van der Waals surface area contributed by atoms with Crippen LogP contribution in [-0.2, 0) is 21.2 Å². The fourth-order valence-corrected chi connectivity index (χ4v) is 4.44. The molecule has 0 saturated heterocycles. The maximum Gasteiger partial charge on any atom is 0.242 e. The van der Waals surface area contributed by atoms with Gasteiger partial charge in [0.2, 0.25) is 15.9 Å². The summed E-state index contributed by atoms with van der Waals surface area (Å²) in [5.41, 5.74) is 1.40. The Morgan fingerprint density at radius 1 is 1.00 bits per heavy atom. The van der Waals surface area contributed by atoms with Gasteiger partial charge < -0.3 is 10.1 Å². The van der Waals surface area contributed by atoms with Crippen molar-refractivity contribution in [2.45, 2.75) is 17.4 Å². The zero-order valence-electron chi connectivity index (χ0n) is 16.2. The highest BCUT2D eigenvalue weighted by Gasteiger charge is 2.26. The number of hydrogen-bond donors (Lipinski definition) is 2. The van der Waals surface area contributed by atoms with Crippen molar-refractivity contribution in [3.63, 3.8) is 0 Å². The minimum Gasteiger partial charge on any atom is -0.497 e. The van der Waals surface area contributed by atoms with E-state index in [1.165, 1.54) is 19.2 Å². The Balaban J connectivity index is 1.85. The molecule has 0 aromatic heterocycles. The van der Waals surface area contributed by atoms with Gasteiger partial charge in [0.15, 0.2) is 0 Å². The van der Waals surface area contributed by atoms with Crippen molar-refractivity contribution in [2.75, 3.05) is 12.4 Å². The number of carbonyl (C=O) groups excluding carboxylic acids is 1. The number of sulfonamides is 1. The lowest BCUT2D eigenvalue weighted by atomic mass is 10.1. The van der Waals surface area contributed by atoms with Gasteiger partial charge in [-0.15, -0.1) is 0 Å². The second-order valence-corrected chi connectivity index (χ2v) is 9.17. The molecule has 3 aromatic carbocycles. The van der Waals surface area contributed by atoms with Crippen LogP contribution in [0.4, 0.5) is 5.69 Å². The first-order valence-corrected chi connectivity index (χ1v) is 11.4. The van der Waals surface area contributed by atoms with Gasteiger partial charge in [-0.2, -0.15) is 4.72 Å². The maximum atomic E-state index is 13.0. The van der Waals surface area contributed by atoms with Gasteiger partial charge in [0.05, 0.1) is 12.0 Å². The van der Waals surface area contributed by atoms with Gasteiger partial charge in [-0.3, -0.25) is 4.79 Å². The predicted octanol–water partition coefficient (Wildman–Crippen LogP) is 3.99. The first kappa shape index (κ1) is 22.0. The Morgan fingerprint density at radius 3 is 2.33 bits per heavy atom. The van der Waals surface area contributed by atoms with E-state index in [0.717, 1.165) is 10.0 Å². The van der Waals surface area contributed by atoms with E-state index in [4.69, 9.17) is 4.74 Å². The highest BCUT2D eigenvalue weighted by molar-refractivity contribution is 9.10. The van der Waals surface area contributed by atoms with Crippen molar-refractivity contribution in [2.24, 2.45) is 0 Å². The fourth-order valence-electron chi connectivity index (χ4n) is 2.84. The summed E-state index contributed by atoms with van der Waals surface area (Å²) in [7, 11) is -2.42. The average molecular weight is 489 g/mol. The van der Waals surface area contributed by atoms with Crippen molar-refractivity contribution in [3.8, 4) is 5.75 Å². The van der Waals surface area contributed by atoms with Crippen LogP contribution >= 0.6 is 15.9 Å². The van der Waals surface area contributed by atoms with Crippen molar-refractivity contribution < 1.29 is 17.9 Å². The van der Waals surface area contributed by atoms with Crippen LogP contribution in [0.3, 0.4) is 0 Å². The number of amides is 1. The largest absolute Gasteiger partial charge is 0.497 e. The standard InChI is InChI=1S/C22H21BrN2O4S/c1-29-19-10-12-20(13-11-19)30(27,28)25-21(14-16-6-3-2-4-7-16)22(26)24-18-9-5-8-17(23)15-18/h2-13,15,21,25H,14H2,1H3,(H,24,26). The van der Waals surface area contributed by atoms with Gasteiger partial charge in [0.1, 0.15) is 11.8 Å². The number of ether oxygens (including phenoxy) is 1. The molecule has 3 aromatic rings. The maximum absolute atomic E-state index is 13.0. The molecule has 1 amide bonds. The van der Waals surface area contributed by atoms with Crippen LogP contribution in [0.1, 0.15) is 5.56 Å². The van der Waals surface area contributed by atoms with Gasteiger partial charge >= 0.3 is 0 Å². The van der Waals surface area contributed by atoms with E-state index in [9.17, 15) is 13.2 Å².